The van der Waals surface area contributed by atoms with E-state index in [2.05, 4.69) is 18.7 Å². The number of hydrogen-bond donors (Lipinski definition) is 1. The molecule has 2 nitrogen and oxygen atoms in total. The lowest BCUT2D eigenvalue weighted by Crippen LogP contribution is -2.53. The van der Waals surface area contributed by atoms with E-state index in [1.54, 1.807) is 0 Å². The fourth-order valence-corrected chi connectivity index (χ4v) is 2.59. The summed E-state index contributed by atoms with van der Waals surface area (Å²) < 4.78 is 0. The Morgan fingerprint density at radius 3 is 2.29 bits per heavy atom. The highest BCUT2D eigenvalue weighted by Gasteiger charge is 2.37. The fourth-order valence-electron chi connectivity index (χ4n) is 2.59. The average Bonchev–Trinajstić information content (AvgIpc) is 2.85. The molecule has 0 aromatic heterocycles. The second-order valence-corrected chi connectivity index (χ2v) is 5.37. The first kappa shape index (κ1) is 10.4. The van der Waals surface area contributed by atoms with E-state index in [1.807, 2.05) is 0 Å². The standard InChI is InChI=1S/C12H24N2/c1-9(2)14(8-10-3-4-10)12-6-5-11(12)7-13/h9-12H,3-8,13H2,1-2H3. The molecule has 0 aromatic rings. The fraction of sp³-hybridized carbons (Fsp3) is 1.00. The molecule has 2 heteroatoms. The zero-order valence-electron chi connectivity index (χ0n) is 9.58. The average molecular weight is 196 g/mol. The monoisotopic (exact) mass is 196 g/mol. The number of rotatable bonds is 5. The van der Waals surface area contributed by atoms with Crippen LogP contribution in [0.25, 0.3) is 0 Å². The minimum Gasteiger partial charge on any atom is -0.330 e. The second kappa shape index (κ2) is 4.19. The van der Waals surface area contributed by atoms with Crippen molar-refractivity contribution in [2.24, 2.45) is 17.6 Å². The predicted molar refractivity (Wildman–Crippen MR) is 60.1 cm³/mol. The Morgan fingerprint density at radius 2 is 1.93 bits per heavy atom. The van der Waals surface area contributed by atoms with Gasteiger partial charge in [-0.2, -0.15) is 0 Å². The molecule has 0 spiro atoms. The Bertz CT molecular complexity index is 185. The molecule has 0 saturated heterocycles. The van der Waals surface area contributed by atoms with Crippen LogP contribution in [-0.4, -0.2) is 30.1 Å². The van der Waals surface area contributed by atoms with Crippen LogP contribution in [0.3, 0.4) is 0 Å². The summed E-state index contributed by atoms with van der Waals surface area (Å²) in [4.78, 5) is 2.71. The summed E-state index contributed by atoms with van der Waals surface area (Å²) in [6.07, 6.45) is 5.66. The van der Waals surface area contributed by atoms with Crippen molar-refractivity contribution in [3.63, 3.8) is 0 Å². The summed E-state index contributed by atoms with van der Waals surface area (Å²) in [7, 11) is 0. The van der Waals surface area contributed by atoms with Crippen LogP contribution >= 0.6 is 0 Å². The SMILES string of the molecule is CC(C)N(CC1CC1)C1CCC1CN. The normalized spacial score (nSPS) is 32.4. The van der Waals surface area contributed by atoms with Gasteiger partial charge in [0.2, 0.25) is 0 Å². The van der Waals surface area contributed by atoms with Crippen molar-refractivity contribution in [3.8, 4) is 0 Å². The van der Waals surface area contributed by atoms with Crippen LogP contribution in [0.5, 0.6) is 0 Å². The number of nitrogens with zero attached hydrogens (tertiary/aromatic N) is 1. The highest BCUT2D eigenvalue weighted by atomic mass is 15.2. The summed E-state index contributed by atoms with van der Waals surface area (Å²) in [6, 6.07) is 1.51. The maximum Gasteiger partial charge on any atom is 0.0138 e. The molecule has 2 unspecified atom stereocenters. The molecule has 2 N–H and O–H groups in total. The molecule has 0 amide bonds. The van der Waals surface area contributed by atoms with Crippen LogP contribution in [0.4, 0.5) is 0 Å². The summed E-state index contributed by atoms with van der Waals surface area (Å²) in [5, 5.41) is 0. The molecule has 2 rings (SSSR count). The van der Waals surface area contributed by atoms with Crippen LogP contribution in [0.2, 0.25) is 0 Å². The van der Waals surface area contributed by atoms with Crippen LogP contribution in [0.1, 0.15) is 39.5 Å². The highest BCUT2D eigenvalue weighted by molar-refractivity contribution is 4.92. The van der Waals surface area contributed by atoms with Crippen molar-refractivity contribution < 1.29 is 0 Å². The number of hydrogen-bond acceptors (Lipinski definition) is 2. The van der Waals surface area contributed by atoms with Crippen molar-refractivity contribution in [2.75, 3.05) is 13.1 Å². The van der Waals surface area contributed by atoms with Crippen molar-refractivity contribution in [1.29, 1.82) is 0 Å². The third-order valence-electron chi connectivity index (χ3n) is 3.94. The van der Waals surface area contributed by atoms with Gasteiger partial charge in [0.15, 0.2) is 0 Å². The second-order valence-electron chi connectivity index (χ2n) is 5.37. The molecular weight excluding hydrogens is 172 g/mol. The summed E-state index contributed by atoms with van der Waals surface area (Å²) in [5.74, 6) is 1.80. The van der Waals surface area contributed by atoms with Crippen molar-refractivity contribution >= 4 is 0 Å². The van der Waals surface area contributed by atoms with E-state index in [0.29, 0.717) is 6.04 Å². The molecule has 2 aliphatic rings. The van der Waals surface area contributed by atoms with Crippen LogP contribution in [0.15, 0.2) is 0 Å². The van der Waals surface area contributed by atoms with Gasteiger partial charge >= 0.3 is 0 Å². The van der Waals surface area contributed by atoms with E-state index >= 15 is 0 Å². The zero-order valence-corrected chi connectivity index (χ0v) is 9.58. The van der Waals surface area contributed by atoms with E-state index < -0.39 is 0 Å². The van der Waals surface area contributed by atoms with E-state index in [9.17, 15) is 0 Å². The molecule has 0 aromatic carbocycles. The first-order valence-corrected chi connectivity index (χ1v) is 6.18. The highest BCUT2D eigenvalue weighted by Crippen LogP contribution is 2.37. The lowest BCUT2D eigenvalue weighted by Gasteiger charge is -2.46. The van der Waals surface area contributed by atoms with Gasteiger partial charge in [-0.3, -0.25) is 4.90 Å². The smallest absolute Gasteiger partial charge is 0.0138 e. The quantitative estimate of drug-likeness (QED) is 0.727. The molecule has 0 heterocycles. The minimum atomic E-state index is 0.704. The maximum atomic E-state index is 5.78. The van der Waals surface area contributed by atoms with Crippen LogP contribution < -0.4 is 5.73 Å². The molecule has 2 atom stereocenters. The van der Waals surface area contributed by atoms with Gasteiger partial charge in [-0.25, -0.2) is 0 Å². The van der Waals surface area contributed by atoms with E-state index in [0.717, 1.165) is 24.4 Å². The topological polar surface area (TPSA) is 29.3 Å². The Hall–Kier alpha value is -0.0800. The lowest BCUT2D eigenvalue weighted by atomic mass is 9.78. The zero-order chi connectivity index (χ0) is 10.1. The lowest BCUT2D eigenvalue weighted by molar-refractivity contribution is 0.0380. The molecule has 82 valence electrons. The molecular formula is C12H24N2. The maximum absolute atomic E-state index is 5.78. The molecule has 0 bridgehead atoms. The molecule has 2 aliphatic carbocycles. The van der Waals surface area contributed by atoms with Gasteiger partial charge in [0.25, 0.3) is 0 Å². The van der Waals surface area contributed by atoms with E-state index in [-0.39, 0.29) is 0 Å². The van der Waals surface area contributed by atoms with Crippen molar-refractivity contribution in [1.82, 2.24) is 4.90 Å². The molecule has 0 radical (unpaired) electrons. The van der Waals surface area contributed by atoms with Gasteiger partial charge < -0.3 is 5.73 Å². The minimum absolute atomic E-state index is 0.704. The molecule has 0 aliphatic heterocycles. The number of nitrogens with two attached hydrogens (primary N) is 1. The largest absolute Gasteiger partial charge is 0.330 e. The predicted octanol–water partition coefficient (Wildman–Crippen LogP) is 1.84. The van der Waals surface area contributed by atoms with E-state index in [4.69, 9.17) is 5.73 Å². The first-order valence-electron chi connectivity index (χ1n) is 6.18. The Balaban J connectivity index is 1.88. The molecule has 2 fully saturated rings. The third-order valence-corrected chi connectivity index (χ3v) is 3.94. The van der Waals surface area contributed by atoms with E-state index in [1.165, 1.54) is 32.2 Å². The molecule has 14 heavy (non-hydrogen) atoms. The summed E-state index contributed by atoms with van der Waals surface area (Å²) in [5.41, 5.74) is 5.78. The van der Waals surface area contributed by atoms with Gasteiger partial charge in [-0.15, -0.1) is 0 Å². The van der Waals surface area contributed by atoms with Crippen LogP contribution in [0, 0.1) is 11.8 Å². The Kier molecular flexibility index (Phi) is 3.13. The summed E-state index contributed by atoms with van der Waals surface area (Å²) >= 11 is 0. The van der Waals surface area contributed by atoms with Gasteiger partial charge in [-0.05, 0) is 57.9 Å². The first-order chi connectivity index (χ1) is 6.72. The van der Waals surface area contributed by atoms with Gasteiger partial charge in [-0.1, -0.05) is 0 Å². The van der Waals surface area contributed by atoms with Crippen molar-refractivity contribution in [3.05, 3.63) is 0 Å². The van der Waals surface area contributed by atoms with Crippen LogP contribution in [-0.2, 0) is 0 Å². The Labute approximate surface area is 87.8 Å². The molecule has 2 saturated carbocycles. The third kappa shape index (κ3) is 2.12. The Morgan fingerprint density at radius 1 is 1.21 bits per heavy atom. The summed E-state index contributed by atoms with van der Waals surface area (Å²) in [6.45, 7) is 6.87. The van der Waals surface area contributed by atoms with Gasteiger partial charge in [0, 0.05) is 18.6 Å². The van der Waals surface area contributed by atoms with Gasteiger partial charge in [0.05, 0.1) is 0 Å². The van der Waals surface area contributed by atoms with Crippen molar-refractivity contribution in [2.45, 2.75) is 51.6 Å². The van der Waals surface area contributed by atoms with Gasteiger partial charge in [0.1, 0.15) is 0 Å².